The molecule has 0 radical (unpaired) electrons. The van der Waals surface area contributed by atoms with Gasteiger partial charge < -0.3 is 14.8 Å². The lowest BCUT2D eigenvalue weighted by molar-refractivity contribution is 0.0615. The summed E-state index contributed by atoms with van der Waals surface area (Å²) in [6.07, 6.45) is 7.67. The molecule has 118 valence electrons. The number of rotatable bonds is 10. The highest BCUT2D eigenvalue weighted by Crippen LogP contribution is 2.29. The molecule has 2 rings (SSSR count). The number of hydrogen-bond acceptors (Lipinski definition) is 4. The average molecular weight is 284 g/mol. The predicted octanol–water partition coefficient (Wildman–Crippen LogP) is 2.03. The average Bonchev–Trinajstić information content (AvgIpc) is 2.80. The van der Waals surface area contributed by atoms with E-state index in [1.54, 1.807) is 7.11 Å². The molecule has 4 nitrogen and oxygen atoms in total. The van der Waals surface area contributed by atoms with E-state index in [0.717, 1.165) is 50.9 Å². The predicted molar refractivity (Wildman–Crippen MR) is 82.1 cm³/mol. The molecule has 0 aliphatic carbocycles. The van der Waals surface area contributed by atoms with Crippen molar-refractivity contribution in [2.45, 2.75) is 63.6 Å². The van der Waals surface area contributed by atoms with E-state index in [1.165, 1.54) is 38.6 Å². The van der Waals surface area contributed by atoms with Crippen molar-refractivity contribution in [3.8, 4) is 0 Å². The lowest BCUT2D eigenvalue weighted by Gasteiger charge is -2.37. The van der Waals surface area contributed by atoms with Crippen LogP contribution in [0.3, 0.4) is 0 Å². The Morgan fingerprint density at radius 1 is 1.05 bits per heavy atom. The maximum Gasteiger partial charge on any atom is 0.0593 e. The van der Waals surface area contributed by atoms with E-state index >= 15 is 0 Å². The summed E-state index contributed by atoms with van der Waals surface area (Å²) in [6, 6.07) is 2.33. The minimum Gasteiger partial charge on any atom is -0.385 e. The molecule has 2 atom stereocenters. The molecule has 0 aromatic rings. The van der Waals surface area contributed by atoms with Gasteiger partial charge in [0.1, 0.15) is 0 Å². The van der Waals surface area contributed by atoms with Crippen LogP contribution in [-0.2, 0) is 9.47 Å². The van der Waals surface area contributed by atoms with Gasteiger partial charge in [-0.3, -0.25) is 4.90 Å². The van der Waals surface area contributed by atoms with Crippen molar-refractivity contribution in [1.29, 1.82) is 0 Å². The summed E-state index contributed by atoms with van der Waals surface area (Å²) in [5, 5.41) is 3.74. The Hall–Kier alpha value is -0.160. The van der Waals surface area contributed by atoms with Gasteiger partial charge in [-0.05, 0) is 45.1 Å². The molecule has 0 aromatic heterocycles. The van der Waals surface area contributed by atoms with E-state index < -0.39 is 0 Å². The molecule has 2 saturated heterocycles. The Balaban J connectivity index is 1.67. The third kappa shape index (κ3) is 4.99. The number of piperidine rings is 1. The number of nitrogens with one attached hydrogen (secondary N) is 1. The van der Waals surface area contributed by atoms with E-state index in [-0.39, 0.29) is 0 Å². The summed E-state index contributed by atoms with van der Waals surface area (Å²) in [5.41, 5.74) is 0. The van der Waals surface area contributed by atoms with Crippen LogP contribution in [0.4, 0.5) is 0 Å². The molecule has 2 heterocycles. The zero-order chi connectivity index (χ0) is 14.2. The van der Waals surface area contributed by atoms with Gasteiger partial charge in [0.25, 0.3) is 0 Å². The normalized spacial score (nSPS) is 29.2. The molecule has 0 saturated carbocycles. The SMILES string of the molecule is CCCN(CCOCCCOC)C1CC2CCC(C1)N2. The van der Waals surface area contributed by atoms with Crippen LogP contribution < -0.4 is 5.32 Å². The number of methoxy groups -OCH3 is 1. The van der Waals surface area contributed by atoms with Crippen molar-refractivity contribution in [1.82, 2.24) is 10.2 Å². The Morgan fingerprint density at radius 2 is 1.80 bits per heavy atom. The second kappa shape index (κ2) is 8.98. The van der Waals surface area contributed by atoms with Crippen LogP contribution in [0, 0.1) is 0 Å². The highest BCUT2D eigenvalue weighted by atomic mass is 16.5. The summed E-state index contributed by atoms with van der Waals surface area (Å²) >= 11 is 0. The van der Waals surface area contributed by atoms with E-state index in [9.17, 15) is 0 Å². The standard InChI is InChI=1S/C16H32N2O2/c1-3-7-18(8-11-20-10-4-9-19-2)16-12-14-5-6-15(13-16)17-14/h14-17H,3-13H2,1-2H3. The van der Waals surface area contributed by atoms with Crippen molar-refractivity contribution in [2.75, 3.05) is 40.0 Å². The topological polar surface area (TPSA) is 33.7 Å². The van der Waals surface area contributed by atoms with Gasteiger partial charge in [0.2, 0.25) is 0 Å². The van der Waals surface area contributed by atoms with Crippen molar-refractivity contribution in [3.05, 3.63) is 0 Å². The molecule has 1 N–H and O–H groups in total. The van der Waals surface area contributed by atoms with Crippen LogP contribution in [0.25, 0.3) is 0 Å². The maximum absolute atomic E-state index is 5.74. The lowest BCUT2D eigenvalue weighted by atomic mass is 9.98. The zero-order valence-corrected chi connectivity index (χ0v) is 13.3. The zero-order valence-electron chi connectivity index (χ0n) is 13.3. The van der Waals surface area contributed by atoms with E-state index in [2.05, 4.69) is 17.1 Å². The molecular formula is C16H32N2O2. The van der Waals surface area contributed by atoms with E-state index in [0.29, 0.717) is 0 Å². The van der Waals surface area contributed by atoms with Gasteiger partial charge in [0.05, 0.1) is 6.61 Å². The second-order valence-electron chi connectivity index (χ2n) is 6.26. The molecule has 2 bridgehead atoms. The molecule has 0 spiro atoms. The van der Waals surface area contributed by atoms with Gasteiger partial charge in [-0.25, -0.2) is 0 Å². The molecular weight excluding hydrogens is 252 g/mol. The minimum absolute atomic E-state index is 0.774. The molecule has 2 aliphatic rings. The first-order valence-electron chi connectivity index (χ1n) is 8.40. The van der Waals surface area contributed by atoms with Crippen molar-refractivity contribution < 1.29 is 9.47 Å². The van der Waals surface area contributed by atoms with Crippen molar-refractivity contribution in [2.24, 2.45) is 0 Å². The lowest BCUT2D eigenvalue weighted by Crippen LogP contribution is -2.49. The molecule has 2 fully saturated rings. The number of nitrogens with zero attached hydrogens (tertiary/aromatic N) is 1. The molecule has 20 heavy (non-hydrogen) atoms. The number of ether oxygens (including phenoxy) is 2. The molecule has 2 unspecified atom stereocenters. The highest BCUT2D eigenvalue weighted by molar-refractivity contribution is 4.95. The molecule has 0 aromatic carbocycles. The summed E-state index contributed by atoms with van der Waals surface area (Å²) in [5.74, 6) is 0. The van der Waals surface area contributed by atoms with E-state index in [1.807, 2.05) is 0 Å². The van der Waals surface area contributed by atoms with Crippen LogP contribution in [-0.4, -0.2) is 63.0 Å². The van der Waals surface area contributed by atoms with Crippen molar-refractivity contribution in [3.63, 3.8) is 0 Å². The minimum atomic E-state index is 0.774. The van der Waals surface area contributed by atoms with Crippen LogP contribution in [0.2, 0.25) is 0 Å². The fourth-order valence-corrected chi connectivity index (χ4v) is 3.68. The Kier molecular flexibility index (Phi) is 7.28. The number of fused-ring (bicyclic) bond motifs is 2. The van der Waals surface area contributed by atoms with E-state index in [4.69, 9.17) is 9.47 Å². The number of hydrogen-bond donors (Lipinski definition) is 1. The van der Waals surface area contributed by atoms with Crippen LogP contribution >= 0.6 is 0 Å². The largest absolute Gasteiger partial charge is 0.385 e. The Bertz CT molecular complexity index is 251. The Morgan fingerprint density at radius 3 is 2.45 bits per heavy atom. The smallest absolute Gasteiger partial charge is 0.0593 e. The highest BCUT2D eigenvalue weighted by Gasteiger charge is 2.35. The first-order chi connectivity index (χ1) is 9.83. The quantitative estimate of drug-likeness (QED) is 0.623. The summed E-state index contributed by atoms with van der Waals surface area (Å²) in [6.45, 7) is 7.07. The first-order valence-corrected chi connectivity index (χ1v) is 8.40. The maximum atomic E-state index is 5.74. The fourth-order valence-electron chi connectivity index (χ4n) is 3.68. The van der Waals surface area contributed by atoms with Crippen LogP contribution in [0.15, 0.2) is 0 Å². The molecule has 4 heteroatoms. The van der Waals surface area contributed by atoms with Gasteiger partial charge in [-0.1, -0.05) is 6.92 Å². The van der Waals surface area contributed by atoms with Crippen LogP contribution in [0.1, 0.15) is 45.4 Å². The van der Waals surface area contributed by atoms with Gasteiger partial charge in [0, 0.05) is 45.0 Å². The summed E-state index contributed by atoms with van der Waals surface area (Å²) < 4.78 is 10.8. The van der Waals surface area contributed by atoms with Gasteiger partial charge in [-0.15, -0.1) is 0 Å². The van der Waals surface area contributed by atoms with Crippen LogP contribution in [0.5, 0.6) is 0 Å². The first kappa shape index (κ1) is 16.2. The van der Waals surface area contributed by atoms with Gasteiger partial charge in [-0.2, -0.15) is 0 Å². The van der Waals surface area contributed by atoms with Crippen molar-refractivity contribution >= 4 is 0 Å². The van der Waals surface area contributed by atoms with Gasteiger partial charge in [0.15, 0.2) is 0 Å². The Labute approximate surface area is 124 Å². The van der Waals surface area contributed by atoms with Gasteiger partial charge >= 0.3 is 0 Å². The second-order valence-corrected chi connectivity index (χ2v) is 6.26. The third-order valence-corrected chi connectivity index (χ3v) is 4.64. The third-order valence-electron chi connectivity index (χ3n) is 4.64. The fraction of sp³-hybridized carbons (Fsp3) is 1.00. The summed E-state index contributed by atoms with van der Waals surface area (Å²) in [7, 11) is 1.74. The molecule has 0 amide bonds. The summed E-state index contributed by atoms with van der Waals surface area (Å²) in [4.78, 5) is 2.67. The molecule has 2 aliphatic heterocycles. The monoisotopic (exact) mass is 284 g/mol.